The zero-order valence-corrected chi connectivity index (χ0v) is 21.0. The van der Waals surface area contributed by atoms with E-state index in [1.165, 1.54) is 6.92 Å². The Balaban J connectivity index is 1.66. The van der Waals surface area contributed by atoms with Gasteiger partial charge in [-0.15, -0.1) is 0 Å². The van der Waals surface area contributed by atoms with Crippen molar-refractivity contribution in [1.82, 2.24) is 9.88 Å². The van der Waals surface area contributed by atoms with Crippen molar-refractivity contribution in [2.45, 2.75) is 76.1 Å². The first-order valence-electron chi connectivity index (χ1n) is 12.1. The lowest BCUT2D eigenvalue weighted by Crippen LogP contribution is -2.34. The van der Waals surface area contributed by atoms with Crippen LogP contribution in [0.25, 0.3) is 0 Å². The number of ether oxygens (including phenoxy) is 2. The van der Waals surface area contributed by atoms with Gasteiger partial charge in [-0.25, -0.2) is 9.78 Å². The van der Waals surface area contributed by atoms with Crippen LogP contribution >= 0.6 is 0 Å². The summed E-state index contributed by atoms with van der Waals surface area (Å²) in [6.07, 6.45) is -16.1. The van der Waals surface area contributed by atoms with E-state index in [4.69, 9.17) is 9.47 Å². The zero-order valence-electron chi connectivity index (χ0n) is 21.0. The SMILES string of the molecule is CC1CC(Nc2ncc(C(F)(F)F)cc2CN2C(=O)O[C@@H](c3cc(C(F)(F)F)cc(C(F)(F)F)c3)[C@@H]2C)CCO1. The van der Waals surface area contributed by atoms with Crippen LogP contribution in [-0.2, 0) is 34.5 Å². The first kappa shape index (κ1) is 29.7. The Morgan fingerprint density at radius 1 is 0.925 bits per heavy atom. The Labute approximate surface area is 222 Å². The molecule has 1 aromatic carbocycles. The standard InChI is InChI=1S/C25H24F9N3O3/c1-12-5-19(3-4-39-12)36-21-15(8-18(10-35-21)25(32,33)34)11-37-13(2)20(40-22(37)38)14-6-16(23(26,27)28)9-17(7-14)24(29,30)31/h6-10,12-13,19-20H,3-5,11H2,1-2H3,(H,35,36)/t12?,13-,19?,20+/m0/s1. The van der Waals surface area contributed by atoms with Gasteiger partial charge in [0.25, 0.3) is 0 Å². The molecule has 2 fully saturated rings. The van der Waals surface area contributed by atoms with Gasteiger partial charge < -0.3 is 14.8 Å². The van der Waals surface area contributed by atoms with Crippen LogP contribution < -0.4 is 5.32 Å². The summed E-state index contributed by atoms with van der Waals surface area (Å²) in [6, 6.07) is 0.316. The maximum Gasteiger partial charge on any atom is 0.417 e. The number of amides is 1. The van der Waals surface area contributed by atoms with Crippen LogP contribution in [0.15, 0.2) is 30.5 Å². The third-order valence-corrected chi connectivity index (χ3v) is 6.79. The molecule has 0 radical (unpaired) electrons. The molecule has 0 spiro atoms. The number of nitrogens with zero attached hydrogens (tertiary/aromatic N) is 2. The lowest BCUT2D eigenvalue weighted by Gasteiger charge is -2.30. The summed E-state index contributed by atoms with van der Waals surface area (Å²) < 4.78 is 131. The normalized spacial score (nSPS) is 24.3. The molecule has 1 N–H and O–H groups in total. The Kier molecular flexibility index (Phi) is 7.91. The second-order valence-electron chi connectivity index (χ2n) is 9.79. The fourth-order valence-electron chi connectivity index (χ4n) is 4.72. The number of hydrogen-bond donors (Lipinski definition) is 1. The molecule has 15 heteroatoms. The van der Waals surface area contributed by atoms with Crippen molar-refractivity contribution in [3.8, 4) is 0 Å². The van der Waals surface area contributed by atoms with Crippen LogP contribution in [0.4, 0.5) is 50.1 Å². The molecule has 40 heavy (non-hydrogen) atoms. The van der Waals surface area contributed by atoms with Gasteiger partial charge in [-0.2, -0.15) is 39.5 Å². The van der Waals surface area contributed by atoms with E-state index < -0.39 is 65.6 Å². The van der Waals surface area contributed by atoms with E-state index in [9.17, 15) is 44.3 Å². The van der Waals surface area contributed by atoms with Gasteiger partial charge in [0.15, 0.2) is 0 Å². The Bertz CT molecular complexity index is 1210. The molecule has 2 aromatic rings. The Morgan fingerprint density at radius 2 is 1.52 bits per heavy atom. The van der Waals surface area contributed by atoms with Gasteiger partial charge in [-0.05, 0) is 56.5 Å². The van der Waals surface area contributed by atoms with Crippen LogP contribution in [-0.4, -0.2) is 40.8 Å². The number of nitrogens with one attached hydrogen (secondary N) is 1. The van der Waals surface area contributed by atoms with E-state index in [-0.39, 0.29) is 29.6 Å². The number of rotatable bonds is 5. The van der Waals surface area contributed by atoms with Crippen LogP contribution in [0.2, 0.25) is 0 Å². The van der Waals surface area contributed by atoms with E-state index in [0.717, 1.165) is 11.0 Å². The number of cyclic esters (lactones) is 1. The third-order valence-electron chi connectivity index (χ3n) is 6.79. The first-order chi connectivity index (χ1) is 18.4. The number of pyridine rings is 1. The first-order valence-corrected chi connectivity index (χ1v) is 12.1. The van der Waals surface area contributed by atoms with Crippen LogP contribution in [0.5, 0.6) is 0 Å². The Hall–Kier alpha value is -3.23. The average Bonchev–Trinajstić information content (AvgIpc) is 3.11. The van der Waals surface area contributed by atoms with Gasteiger partial charge in [0.2, 0.25) is 0 Å². The monoisotopic (exact) mass is 585 g/mol. The summed E-state index contributed by atoms with van der Waals surface area (Å²) in [5.41, 5.74) is -4.88. The number of hydrogen-bond acceptors (Lipinski definition) is 5. The largest absolute Gasteiger partial charge is 0.439 e. The minimum Gasteiger partial charge on any atom is -0.439 e. The van der Waals surface area contributed by atoms with Crippen LogP contribution in [0.1, 0.15) is 60.6 Å². The van der Waals surface area contributed by atoms with Gasteiger partial charge >= 0.3 is 24.6 Å². The quantitative estimate of drug-likeness (QED) is 0.376. The predicted octanol–water partition coefficient (Wildman–Crippen LogP) is 7.20. The van der Waals surface area contributed by atoms with Crippen molar-refractivity contribution in [3.63, 3.8) is 0 Å². The summed E-state index contributed by atoms with van der Waals surface area (Å²) in [5, 5.41) is 3.07. The molecule has 3 heterocycles. The van der Waals surface area contributed by atoms with Gasteiger partial charge in [0.05, 0.1) is 35.4 Å². The van der Waals surface area contributed by atoms with Crippen molar-refractivity contribution in [1.29, 1.82) is 0 Å². The molecule has 6 nitrogen and oxygen atoms in total. The van der Waals surface area contributed by atoms with E-state index in [1.54, 1.807) is 0 Å². The summed E-state index contributed by atoms with van der Waals surface area (Å²) in [4.78, 5) is 17.6. The molecule has 1 amide bonds. The van der Waals surface area contributed by atoms with Gasteiger partial charge in [0, 0.05) is 24.4 Å². The molecule has 2 saturated heterocycles. The number of carbonyl (C=O) groups is 1. The molecular formula is C25H24F9N3O3. The van der Waals surface area contributed by atoms with E-state index in [0.29, 0.717) is 37.8 Å². The van der Waals surface area contributed by atoms with Crippen molar-refractivity contribution in [2.75, 3.05) is 11.9 Å². The van der Waals surface area contributed by atoms with E-state index in [1.807, 2.05) is 6.92 Å². The van der Waals surface area contributed by atoms with Crippen LogP contribution in [0.3, 0.4) is 0 Å². The average molecular weight is 585 g/mol. The maximum atomic E-state index is 13.5. The highest BCUT2D eigenvalue weighted by Gasteiger charge is 2.44. The molecule has 2 unspecified atom stereocenters. The zero-order chi connectivity index (χ0) is 29.6. The smallest absolute Gasteiger partial charge is 0.417 e. The number of halogens is 9. The highest BCUT2D eigenvalue weighted by Crippen LogP contribution is 2.41. The fourth-order valence-corrected chi connectivity index (χ4v) is 4.72. The molecule has 0 saturated carbocycles. The maximum absolute atomic E-state index is 13.5. The molecule has 2 aliphatic heterocycles. The number of carbonyl (C=O) groups excluding carboxylic acids is 1. The minimum atomic E-state index is -5.12. The molecular weight excluding hydrogens is 561 g/mol. The number of benzene rings is 1. The summed E-state index contributed by atoms with van der Waals surface area (Å²) in [6.45, 7) is 3.05. The lowest BCUT2D eigenvalue weighted by atomic mass is 9.97. The van der Waals surface area contributed by atoms with Gasteiger partial charge in [-0.1, -0.05) is 0 Å². The fraction of sp³-hybridized carbons (Fsp3) is 0.520. The van der Waals surface area contributed by atoms with Gasteiger partial charge in [-0.3, -0.25) is 4.90 Å². The van der Waals surface area contributed by atoms with Crippen LogP contribution in [0, 0.1) is 0 Å². The van der Waals surface area contributed by atoms with Crippen molar-refractivity contribution >= 4 is 11.9 Å². The predicted molar refractivity (Wildman–Crippen MR) is 122 cm³/mol. The minimum absolute atomic E-state index is 0.0495. The topological polar surface area (TPSA) is 63.7 Å². The lowest BCUT2D eigenvalue weighted by molar-refractivity contribution is -0.143. The second kappa shape index (κ2) is 10.6. The molecule has 0 aliphatic carbocycles. The number of anilines is 1. The number of aromatic nitrogens is 1. The molecule has 0 bridgehead atoms. The van der Waals surface area contributed by atoms with Crippen molar-refractivity contribution < 1.29 is 53.8 Å². The Morgan fingerprint density at radius 3 is 2.08 bits per heavy atom. The molecule has 4 atom stereocenters. The summed E-state index contributed by atoms with van der Waals surface area (Å²) in [7, 11) is 0. The third kappa shape index (κ3) is 6.56. The second-order valence-corrected chi connectivity index (χ2v) is 9.79. The highest BCUT2D eigenvalue weighted by molar-refractivity contribution is 5.71. The van der Waals surface area contributed by atoms with Crippen molar-refractivity contribution in [3.05, 3.63) is 58.3 Å². The molecule has 220 valence electrons. The summed E-state index contributed by atoms with van der Waals surface area (Å²) in [5.74, 6) is 0.0500. The molecule has 2 aliphatic rings. The number of alkyl halides is 9. The van der Waals surface area contributed by atoms with Gasteiger partial charge in [0.1, 0.15) is 11.9 Å². The van der Waals surface area contributed by atoms with E-state index in [2.05, 4.69) is 10.3 Å². The summed E-state index contributed by atoms with van der Waals surface area (Å²) >= 11 is 0. The molecule has 4 rings (SSSR count). The molecule has 1 aromatic heterocycles. The van der Waals surface area contributed by atoms with Crippen molar-refractivity contribution in [2.24, 2.45) is 0 Å². The highest BCUT2D eigenvalue weighted by atomic mass is 19.4. The van der Waals surface area contributed by atoms with E-state index >= 15 is 0 Å².